The van der Waals surface area contributed by atoms with E-state index in [-0.39, 0.29) is 12.1 Å². The molecule has 0 aliphatic carbocycles. The topological polar surface area (TPSA) is 50.2 Å². The van der Waals surface area contributed by atoms with Crippen LogP contribution >= 0.6 is 11.3 Å². The lowest BCUT2D eigenvalue weighted by molar-refractivity contribution is 0.117. The monoisotopic (exact) mass is 304 g/mol. The lowest BCUT2D eigenvalue weighted by Crippen LogP contribution is -2.50. The van der Waals surface area contributed by atoms with Crippen molar-refractivity contribution in [3.63, 3.8) is 0 Å². The molecule has 1 N–H and O–H groups in total. The van der Waals surface area contributed by atoms with Crippen LogP contribution in [0.15, 0.2) is 29.9 Å². The minimum atomic E-state index is 0.0396. The zero-order valence-corrected chi connectivity index (χ0v) is 13.0. The second-order valence-electron chi connectivity index (χ2n) is 5.14. The maximum atomic E-state index is 12.2. The van der Waals surface area contributed by atoms with Gasteiger partial charge in [-0.15, -0.1) is 11.3 Å². The number of aromatic nitrogens is 2. The summed E-state index contributed by atoms with van der Waals surface area (Å²) in [5.74, 6) is 1.06. The van der Waals surface area contributed by atoms with E-state index in [1.54, 1.807) is 11.3 Å². The van der Waals surface area contributed by atoms with E-state index in [1.807, 2.05) is 23.4 Å². The molecule has 112 valence electrons. The molecule has 3 heterocycles. The van der Waals surface area contributed by atoms with Crippen LogP contribution in [0.1, 0.15) is 30.1 Å². The van der Waals surface area contributed by atoms with Crippen LogP contribution in [0.25, 0.3) is 0 Å². The Morgan fingerprint density at radius 2 is 2.48 bits per heavy atom. The number of amides is 2. The third-order valence-corrected chi connectivity index (χ3v) is 4.87. The van der Waals surface area contributed by atoms with Gasteiger partial charge >= 0.3 is 6.03 Å². The van der Waals surface area contributed by atoms with Crippen molar-refractivity contribution >= 4 is 17.4 Å². The molecule has 3 rings (SSSR count). The lowest BCUT2D eigenvalue weighted by Gasteiger charge is -2.40. The van der Waals surface area contributed by atoms with Crippen molar-refractivity contribution in [2.45, 2.75) is 32.4 Å². The van der Waals surface area contributed by atoms with E-state index in [0.29, 0.717) is 6.54 Å². The van der Waals surface area contributed by atoms with Crippen LogP contribution in [0, 0.1) is 0 Å². The van der Waals surface area contributed by atoms with E-state index in [2.05, 4.69) is 33.2 Å². The number of hydrogen-bond donors (Lipinski definition) is 1. The van der Waals surface area contributed by atoms with Gasteiger partial charge in [-0.05, 0) is 17.9 Å². The standard InChI is InChI=1S/C15H20N4OS/c1-2-14-16-6-9-18(14)10-7-17-15(20)19-8-5-12(19)13-4-3-11-21-13/h3-4,6,9,11-12H,2,5,7-8,10H2,1H3,(H,17,20). The van der Waals surface area contributed by atoms with Crippen molar-refractivity contribution in [2.75, 3.05) is 13.1 Å². The Labute approximate surface area is 128 Å². The first-order valence-corrected chi connectivity index (χ1v) is 8.25. The molecule has 1 aliphatic heterocycles. The molecule has 0 bridgehead atoms. The van der Waals surface area contributed by atoms with Crippen LogP contribution in [0.5, 0.6) is 0 Å². The summed E-state index contributed by atoms with van der Waals surface area (Å²) in [6.45, 7) is 4.34. The first-order valence-electron chi connectivity index (χ1n) is 7.37. The van der Waals surface area contributed by atoms with Crippen molar-refractivity contribution < 1.29 is 4.79 Å². The fourth-order valence-corrected chi connectivity index (χ4v) is 3.52. The van der Waals surface area contributed by atoms with Gasteiger partial charge in [0.2, 0.25) is 0 Å². The first-order chi connectivity index (χ1) is 10.3. The summed E-state index contributed by atoms with van der Waals surface area (Å²) in [5.41, 5.74) is 0. The van der Waals surface area contributed by atoms with Crippen molar-refractivity contribution in [1.29, 1.82) is 0 Å². The molecule has 1 aliphatic rings. The molecule has 1 unspecified atom stereocenters. The van der Waals surface area contributed by atoms with Crippen LogP contribution in [0.2, 0.25) is 0 Å². The lowest BCUT2D eigenvalue weighted by atomic mass is 10.0. The Bertz CT molecular complexity index is 593. The van der Waals surface area contributed by atoms with E-state index in [1.165, 1.54) is 4.88 Å². The molecule has 1 saturated heterocycles. The Balaban J connectivity index is 1.49. The number of hydrogen-bond acceptors (Lipinski definition) is 3. The average molecular weight is 304 g/mol. The number of imidazole rings is 1. The van der Waals surface area contributed by atoms with Crippen LogP contribution in [0.3, 0.4) is 0 Å². The minimum absolute atomic E-state index is 0.0396. The van der Waals surface area contributed by atoms with Gasteiger partial charge in [0.15, 0.2) is 0 Å². The number of aryl methyl sites for hydroxylation is 1. The fourth-order valence-electron chi connectivity index (χ4n) is 2.65. The highest BCUT2D eigenvalue weighted by Crippen LogP contribution is 2.35. The fraction of sp³-hybridized carbons (Fsp3) is 0.467. The van der Waals surface area contributed by atoms with Gasteiger partial charge < -0.3 is 14.8 Å². The number of nitrogens with one attached hydrogen (secondary N) is 1. The predicted octanol–water partition coefficient (Wildman–Crippen LogP) is 2.66. The first kappa shape index (κ1) is 14.1. The Hall–Kier alpha value is -1.82. The smallest absolute Gasteiger partial charge is 0.318 e. The predicted molar refractivity (Wildman–Crippen MR) is 83.4 cm³/mol. The molecule has 2 aromatic heterocycles. The highest BCUT2D eigenvalue weighted by molar-refractivity contribution is 7.10. The van der Waals surface area contributed by atoms with Gasteiger partial charge in [0.1, 0.15) is 5.82 Å². The number of carbonyl (C=O) groups excluding carboxylic acids is 1. The number of carbonyl (C=O) groups is 1. The molecule has 6 heteroatoms. The molecule has 0 radical (unpaired) electrons. The van der Waals surface area contributed by atoms with Crippen molar-refractivity contribution in [3.8, 4) is 0 Å². The number of thiophene rings is 1. The summed E-state index contributed by atoms with van der Waals surface area (Å²) in [6, 6.07) is 4.45. The van der Waals surface area contributed by atoms with Crippen molar-refractivity contribution in [3.05, 3.63) is 40.6 Å². The van der Waals surface area contributed by atoms with Gasteiger partial charge in [-0.2, -0.15) is 0 Å². The molecular weight excluding hydrogens is 284 g/mol. The molecule has 5 nitrogen and oxygen atoms in total. The maximum absolute atomic E-state index is 12.2. The van der Waals surface area contributed by atoms with Gasteiger partial charge in [-0.3, -0.25) is 0 Å². The van der Waals surface area contributed by atoms with Gasteiger partial charge in [0.25, 0.3) is 0 Å². The molecule has 2 aromatic rings. The number of urea groups is 1. The summed E-state index contributed by atoms with van der Waals surface area (Å²) < 4.78 is 2.09. The van der Waals surface area contributed by atoms with Crippen LogP contribution in [0.4, 0.5) is 4.79 Å². The molecule has 2 amide bonds. The highest BCUT2D eigenvalue weighted by atomic mass is 32.1. The Morgan fingerprint density at radius 3 is 3.14 bits per heavy atom. The highest BCUT2D eigenvalue weighted by Gasteiger charge is 2.33. The third-order valence-electron chi connectivity index (χ3n) is 3.90. The maximum Gasteiger partial charge on any atom is 0.318 e. The van der Waals surface area contributed by atoms with Crippen molar-refractivity contribution in [1.82, 2.24) is 19.8 Å². The molecular formula is C15H20N4OS. The van der Waals surface area contributed by atoms with Crippen molar-refractivity contribution in [2.24, 2.45) is 0 Å². The molecule has 1 atom stereocenters. The van der Waals surface area contributed by atoms with Crippen LogP contribution < -0.4 is 5.32 Å². The molecule has 0 spiro atoms. The summed E-state index contributed by atoms with van der Waals surface area (Å²) in [7, 11) is 0. The number of nitrogens with zero attached hydrogens (tertiary/aromatic N) is 3. The quantitative estimate of drug-likeness (QED) is 0.923. The number of rotatable bonds is 5. The zero-order chi connectivity index (χ0) is 14.7. The average Bonchev–Trinajstić information content (AvgIpc) is 3.08. The molecule has 0 saturated carbocycles. The Kier molecular flexibility index (Phi) is 4.24. The third kappa shape index (κ3) is 2.95. The SMILES string of the molecule is CCc1nccn1CCNC(=O)N1CCC1c1cccs1. The minimum Gasteiger partial charge on any atom is -0.336 e. The molecule has 21 heavy (non-hydrogen) atoms. The normalized spacial score (nSPS) is 17.6. The van der Waals surface area contributed by atoms with Crippen LogP contribution in [-0.4, -0.2) is 33.6 Å². The van der Waals surface area contributed by atoms with Gasteiger partial charge in [-0.25, -0.2) is 9.78 Å². The summed E-state index contributed by atoms with van der Waals surface area (Å²) in [6.07, 6.45) is 5.74. The zero-order valence-electron chi connectivity index (χ0n) is 12.2. The second-order valence-corrected chi connectivity index (χ2v) is 6.11. The van der Waals surface area contributed by atoms with E-state index in [4.69, 9.17) is 0 Å². The van der Waals surface area contributed by atoms with E-state index in [0.717, 1.165) is 31.8 Å². The van der Waals surface area contributed by atoms with E-state index < -0.39 is 0 Å². The Morgan fingerprint density at radius 1 is 1.57 bits per heavy atom. The second kappa shape index (κ2) is 6.30. The summed E-state index contributed by atoms with van der Waals surface area (Å²) >= 11 is 1.72. The van der Waals surface area contributed by atoms with Gasteiger partial charge in [0, 0.05) is 43.3 Å². The van der Waals surface area contributed by atoms with Gasteiger partial charge in [-0.1, -0.05) is 13.0 Å². The molecule has 1 fully saturated rings. The van der Waals surface area contributed by atoms with Gasteiger partial charge in [0.05, 0.1) is 6.04 Å². The summed E-state index contributed by atoms with van der Waals surface area (Å²) in [5, 5.41) is 5.07. The summed E-state index contributed by atoms with van der Waals surface area (Å²) in [4.78, 5) is 19.7. The van der Waals surface area contributed by atoms with E-state index in [9.17, 15) is 4.79 Å². The molecule has 0 aromatic carbocycles. The van der Waals surface area contributed by atoms with Crippen LogP contribution in [-0.2, 0) is 13.0 Å². The van der Waals surface area contributed by atoms with E-state index >= 15 is 0 Å². The number of likely N-dealkylation sites (tertiary alicyclic amines) is 1. The largest absolute Gasteiger partial charge is 0.336 e.